The van der Waals surface area contributed by atoms with Crippen molar-refractivity contribution in [2.75, 3.05) is 0 Å². The second-order valence-corrected chi connectivity index (χ2v) is 7.90. The van der Waals surface area contributed by atoms with Crippen LogP contribution in [0.3, 0.4) is 0 Å². The first-order chi connectivity index (χ1) is 17.2. The Labute approximate surface area is 199 Å². The normalized spacial score (nSPS) is 14.3. The largest absolute Gasteiger partial charge is 0.422 e. The topological polar surface area (TPSA) is 86.7 Å². The molecule has 0 fully saturated rings. The molecule has 0 saturated carbocycles. The van der Waals surface area contributed by atoms with Crippen LogP contribution >= 0.6 is 0 Å². The van der Waals surface area contributed by atoms with Crippen molar-refractivity contribution >= 4 is 28.9 Å². The predicted molar refractivity (Wildman–Crippen MR) is 132 cm³/mol. The van der Waals surface area contributed by atoms with Crippen molar-refractivity contribution < 1.29 is 13.9 Å². The van der Waals surface area contributed by atoms with Crippen molar-refractivity contribution in [3.8, 4) is 16.9 Å². The van der Waals surface area contributed by atoms with Crippen LogP contribution in [-0.2, 0) is 9.53 Å². The lowest BCUT2D eigenvalue weighted by molar-refractivity contribution is -0.129. The first-order valence-electron chi connectivity index (χ1n) is 10.9. The van der Waals surface area contributed by atoms with E-state index in [-0.39, 0.29) is 17.2 Å². The van der Waals surface area contributed by atoms with Crippen LogP contribution in [0.4, 0.5) is 0 Å². The van der Waals surface area contributed by atoms with Gasteiger partial charge in [-0.05, 0) is 42.5 Å². The number of hydrogen-bond donors (Lipinski definition) is 0. The fourth-order valence-electron chi connectivity index (χ4n) is 3.90. The van der Waals surface area contributed by atoms with E-state index in [1.54, 1.807) is 35.2 Å². The van der Waals surface area contributed by atoms with Crippen LogP contribution in [0.15, 0.2) is 117 Å². The molecule has 3 heterocycles. The third-order valence-corrected chi connectivity index (χ3v) is 5.59. The Morgan fingerprint density at radius 1 is 0.829 bits per heavy atom. The fourth-order valence-corrected chi connectivity index (χ4v) is 3.90. The third kappa shape index (κ3) is 3.85. The molecule has 35 heavy (non-hydrogen) atoms. The number of hydrogen-bond acceptors (Lipinski definition) is 6. The Morgan fingerprint density at radius 3 is 2.34 bits per heavy atom. The highest BCUT2D eigenvalue weighted by molar-refractivity contribution is 6.13. The monoisotopic (exact) mass is 459 g/mol. The second-order valence-electron chi connectivity index (χ2n) is 7.90. The number of carbonyl (C=O) groups is 1. The van der Waals surface area contributed by atoms with Crippen molar-refractivity contribution in [3.05, 3.63) is 124 Å². The van der Waals surface area contributed by atoms with Crippen molar-refractivity contribution in [3.63, 3.8) is 0 Å². The average Bonchev–Trinajstić information content (AvgIpc) is 3.48. The summed E-state index contributed by atoms with van der Waals surface area (Å²) >= 11 is 0. The van der Waals surface area contributed by atoms with E-state index in [4.69, 9.17) is 9.15 Å². The Morgan fingerprint density at radius 2 is 1.54 bits per heavy atom. The van der Waals surface area contributed by atoms with E-state index >= 15 is 0 Å². The third-order valence-electron chi connectivity index (χ3n) is 5.59. The van der Waals surface area contributed by atoms with E-state index in [0.29, 0.717) is 22.4 Å². The summed E-state index contributed by atoms with van der Waals surface area (Å²) in [5.74, 6) is -0.350. The van der Waals surface area contributed by atoms with Gasteiger partial charge in [0.05, 0.1) is 11.3 Å². The molecule has 0 spiro atoms. The van der Waals surface area contributed by atoms with Crippen LogP contribution in [-0.4, -0.2) is 21.6 Å². The number of fused-ring (bicyclic) bond motifs is 1. The Balaban J connectivity index is 1.52. The number of carbonyl (C=O) groups excluding carboxylic acids is 1. The summed E-state index contributed by atoms with van der Waals surface area (Å²) < 4.78 is 12.6. The molecule has 0 saturated heterocycles. The highest BCUT2D eigenvalue weighted by Gasteiger charge is 2.25. The van der Waals surface area contributed by atoms with E-state index in [9.17, 15) is 9.59 Å². The smallest absolute Gasteiger partial charge is 0.363 e. The molecule has 0 aliphatic carbocycles. The van der Waals surface area contributed by atoms with Gasteiger partial charge in [0.25, 0.3) is 0 Å². The number of aliphatic imine (C=N–C) groups is 1. The van der Waals surface area contributed by atoms with Gasteiger partial charge in [0.2, 0.25) is 5.90 Å². The van der Waals surface area contributed by atoms with E-state index in [1.165, 1.54) is 0 Å². The molecule has 6 rings (SSSR count). The number of nitrogens with zero attached hydrogens (tertiary/aromatic N) is 3. The van der Waals surface area contributed by atoms with Crippen LogP contribution in [0.5, 0.6) is 0 Å². The highest BCUT2D eigenvalue weighted by Crippen LogP contribution is 2.28. The van der Waals surface area contributed by atoms with Crippen molar-refractivity contribution in [2.24, 2.45) is 4.99 Å². The minimum atomic E-state index is -0.576. The summed E-state index contributed by atoms with van der Waals surface area (Å²) in [4.78, 5) is 29.9. The maximum Gasteiger partial charge on any atom is 0.363 e. The summed E-state index contributed by atoms with van der Waals surface area (Å²) in [5, 5.41) is 5.44. The molecule has 0 amide bonds. The number of esters is 1. The number of ether oxygens (including phenoxy) is 1. The van der Waals surface area contributed by atoms with Gasteiger partial charge in [-0.15, -0.1) is 0 Å². The minimum Gasteiger partial charge on any atom is -0.422 e. The molecule has 168 valence electrons. The van der Waals surface area contributed by atoms with E-state index in [1.807, 2.05) is 72.8 Å². The molecule has 1 aliphatic heterocycles. The minimum absolute atomic E-state index is 0.114. The summed E-state index contributed by atoms with van der Waals surface area (Å²) in [6, 6.07) is 27.7. The molecule has 2 aromatic heterocycles. The van der Waals surface area contributed by atoms with Crippen LogP contribution in [0, 0.1) is 0 Å². The zero-order chi connectivity index (χ0) is 23.8. The number of rotatable bonds is 4. The Bertz CT molecular complexity index is 1700. The maximum absolute atomic E-state index is 12.9. The summed E-state index contributed by atoms with van der Waals surface area (Å²) in [5.41, 5.74) is 2.75. The van der Waals surface area contributed by atoms with Crippen LogP contribution in [0.1, 0.15) is 11.1 Å². The number of cyclic esters (lactones) is 1. The molecule has 3 aromatic carbocycles. The van der Waals surface area contributed by atoms with Gasteiger partial charge in [-0.2, -0.15) is 5.10 Å². The second kappa shape index (κ2) is 8.39. The molecular formula is C28H17N3O4. The van der Waals surface area contributed by atoms with Gasteiger partial charge in [-0.25, -0.2) is 19.3 Å². The Kier molecular flexibility index (Phi) is 4.93. The van der Waals surface area contributed by atoms with Crippen LogP contribution in [0.2, 0.25) is 0 Å². The fraction of sp³-hybridized carbons (Fsp3) is 0. The standard InChI is InChI=1S/C28H17N3O4/c32-27-22(15-19-11-7-8-14-24(19)34-27)25-20(17-31(30-25)21-12-5-2-6-13-21)16-23-28(33)35-26(29-23)18-9-3-1-4-10-18/h1-17H/b23-16-. The molecule has 0 N–H and O–H groups in total. The lowest BCUT2D eigenvalue weighted by Gasteiger charge is -2.01. The molecular weight excluding hydrogens is 442 g/mol. The van der Waals surface area contributed by atoms with Crippen molar-refractivity contribution in [1.82, 2.24) is 9.78 Å². The van der Waals surface area contributed by atoms with Crippen LogP contribution in [0.25, 0.3) is 34.0 Å². The van der Waals surface area contributed by atoms with E-state index in [0.717, 1.165) is 11.1 Å². The van der Waals surface area contributed by atoms with Gasteiger partial charge in [0.15, 0.2) is 5.70 Å². The number of benzene rings is 3. The molecule has 0 bridgehead atoms. The molecule has 7 nitrogen and oxygen atoms in total. The maximum atomic E-state index is 12.9. The van der Waals surface area contributed by atoms with Gasteiger partial charge in [0.1, 0.15) is 11.3 Å². The van der Waals surface area contributed by atoms with Crippen LogP contribution < -0.4 is 5.63 Å². The lowest BCUT2D eigenvalue weighted by Crippen LogP contribution is -2.05. The predicted octanol–water partition coefficient (Wildman–Crippen LogP) is 4.99. The van der Waals surface area contributed by atoms with Crippen molar-refractivity contribution in [1.29, 1.82) is 0 Å². The SMILES string of the molecule is O=C1OC(c2ccccc2)=N/C1=C\c1cn(-c2ccccc2)nc1-c1cc2ccccc2oc1=O. The number of para-hydroxylation sites is 2. The highest BCUT2D eigenvalue weighted by atomic mass is 16.6. The Hall–Kier alpha value is -5.04. The van der Waals surface area contributed by atoms with Crippen molar-refractivity contribution in [2.45, 2.75) is 0 Å². The molecule has 0 unspecified atom stereocenters. The molecule has 5 aromatic rings. The zero-order valence-electron chi connectivity index (χ0n) is 18.3. The van der Waals surface area contributed by atoms with Gasteiger partial charge < -0.3 is 9.15 Å². The molecule has 1 aliphatic rings. The molecule has 7 heteroatoms. The van der Waals surface area contributed by atoms with Gasteiger partial charge in [0, 0.05) is 22.7 Å². The summed E-state index contributed by atoms with van der Waals surface area (Å²) in [6.45, 7) is 0. The number of aromatic nitrogens is 2. The summed E-state index contributed by atoms with van der Waals surface area (Å²) in [7, 11) is 0. The molecule has 0 radical (unpaired) electrons. The first kappa shape index (κ1) is 20.6. The lowest BCUT2D eigenvalue weighted by atomic mass is 10.1. The van der Waals surface area contributed by atoms with Gasteiger partial charge in [-0.3, -0.25) is 0 Å². The van der Waals surface area contributed by atoms with E-state index in [2.05, 4.69) is 10.1 Å². The summed E-state index contributed by atoms with van der Waals surface area (Å²) in [6.07, 6.45) is 3.32. The van der Waals surface area contributed by atoms with Gasteiger partial charge in [-0.1, -0.05) is 54.6 Å². The van der Waals surface area contributed by atoms with Gasteiger partial charge >= 0.3 is 11.6 Å². The quantitative estimate of drug-likeness (QED) is 0.215. The first-order valence-corrected chi connectivity index (χ1v) is 10.9. The average molecular weight is 459 g/mol. The van der Waals surface area contributed by atoms with E-state index < -0.39 is 11.6 Å². The zero-order valence-corrected chi connectivity index (χ0v) is 18.3. The molecule has 0 atom stereocenters.